The van der Waals surface area contributed by atoms with Crippen LogP contribution in [0.15, 0.2) is 18.2 Å². The summed E-state index contributed by atoms with van der Waals surface area (Å²) in [5.74, 6) is 0. The Morgan fingerprint density at radius 2 is 2.10 bits per heavy atom. The lowest BCUT2D eigenvalue weighted by Gasteiger charge is -2.27. The molecule has 1 aromatic rings. The molecular weight excluding hydrogens is 276 g/mol. The van der Waals surface area contributed by atoms with Crippen molar-refractivity contribution in [2.75, 3.05) is 38.3 Å². The molecule has 0 amide bonds. The van der Waals surface area contributed by atoms with Crippen LogP contribution in [0.25, 0.3) is 0 Å². The van der Waals surface area contributed by atoms with Crippen LogP contribution in [0.1, 0.15) is 19.4 Å². The lowest BCUT2D eigenvalue weighted by atomic mass is 10.1. The number of ether oxygens (including phenoxy) is 1. The van der Waals surface area contributed by atoms with Gasteiger partial charge in [-0.05, 0) is 17.7 Å². The number of aliphatic hydroxyl groups excluding tert-OH is 1. The molecule has 0 saturated carbocycles. The summed E-state index contributed by atoms with van der Waals surface area (Å²) in [6.07, 6.45) is 0. The molecule has 20 heavy (non-hydrogen) atoms. The first-order valence-electron chi connectivity index (χ1n) is 6.95. The number of nitrogens with zero attached hydrogens (tertiary/aromatic N) is 1. The van der Waals surface area contributed by atoms with E-state index in [1.165, 1.54) is 5.56 Å². The van der Waals surface area contributed by atoms with Crippen LogP contribution in [0.4, 0.5) is 5.69 Å². The van der Waals surface area contributed by atoms with Crippen molar-refractivity contribution in [1.29, 1.82) is 0 Å². The highest BCUT2D eigenvalue weighted by Gasteiger charge is 2.12. The van der Waals surface area contributed by atoms with E-state index in [2.05, 4.69) is 24.1 Å². The number of methoxy groups -OCH3 is 1. The summed E-state index contributed by atoms with van der Waals surface area (Å²) in [5.41, 5.74) is 2.23. The van der Waals surface area contributed by atoms with Crippen molar-refractivity contribution in [3.63, 3.8) is 0 Å². The summed E-state index contributed by atoms with van der Waals surface area (Å²) in [4.78, 5) is 2.10. The number of hydrogen-bond acceptors (Lipinski definition) is 4. The Balaban J connectivity index is 2.93. The molecule has 4 nitrogen and oxygen atoms in total. The van der Waals surface area contributed by atoms with E-state index < -0.39 is 0 Å². The average Bonchev–Trinajstić information content (AvgIpc) is 2.42. The zero-order valence-corrected chi connectivity index (χ0v) is 13.3. The molecule has 0 bridgehead atoms. The van der Waals surface area contributed by atoms with Gasteiger partial charge < -0.3 is 20.1 Å². The van der Waals surface area contributed by atoms with Gasteiger partial charge in [0.15, 0.2) is 0 Å². The summed E-state index contributed by atoms with van der Waals surface area (Å²) >= 11 is 6.12. The van der Waals surface area contributed by atoms with Gasteiger partial charge in [0, 0.05) is 43.5 Å². The van der Waals surface area contributed by atoms with Crippen molar-refractivity contribution in [2.24, 2.45) is 0 Å². The fraction of sp³-hybridized carbons (Fsp3) is 0.600. The third-order valence-corrected chi connectivity index (χ3v) is 3.26. The predicted octanol–water partition coefficient (Wildman–Crippen LogP) is 2.28. The van der Waals surface area contributed by atoms with Gasteiger partial charge in [0.25, 0.3) is 0 Å². The van der Waals surface area contributed by atoms with Crippen LogP contribution in [-0.2, 0) is 11.3 Å². The Morgan fingerprint density at radius 1 is 1.35 bits per heavy atom. The fourth-order valence-electron chi connectivity index (χ4n) is 1.97. The SMILES string of the molecule is COCCN(CCO)c1cc(Cl)ccc1CNC(C)C. The van der Waals surface area contributed by atoms with Crippen molar-refractivity contribution in [1.82, 2.24) is 5.32 Å². The standard InChI is InChI=1S/C15H25ClN2O2/c1-12(2)17-11-13-4-5-14(16)10-15(13)18(6-8-19)7-9-20-3/h4-5,10,12,17,19H,6-9,11H2,1-3H3. The van der Waals surface area contributed by atoms with Gasteiger partial charge in [-0.15, -0.1) is 0 Å². The Labute approximate surface area is 126 Å². The van der Waals surface area contributed by atoms with E-state index in [0.29, 0.717) is 24.2 Å². The first-order valence-corrected chi connectivity index (χ1v) is 7.32. The maximum Gasteiger partial charge on any atom is 0.0637 e. The van der Waals surface area contributed by atoms with Crippen LogP contribution in [0.3, 0.4) is 0 Å². The lowest BCUT2D eigenvalue weighted by molar-refractivity contribution is 0.203. The number of hydrogen-bond donors (Lipinski definition) is 2. The van der Waals surface area contributed by atoms with E-state index in [4.69, 9.17) is 16.3 Å². The molecule has 0 unspecified atom stereocenters. The molecule has 5 heteroatoms. The monoisotopic (exact) mass is 300 g/mol. The second kappa shape index (κ2) is 9.19. The van der Waals surface area contributed by atoms with E-state index >= 15 is 0 Å². The fourth-order valence-corrected chi connectivity index (χ4v) is 2.14. The normalized spacial score (nSPS) is 11.1. The van der Waals surface area contributed by atoms with Crippen LogP contribution in [0.5, 0.6) is 0 Å². The number of anilines is 1. The third-order valence-electron chi connectivity index (χ3n) is 3.02. The van der Waals surface area contributed by atoms with Crippen molar-refractivity contribution in [2.45, 2.75) is 26.4 Å². The van der Waals surface area contributed by atoms with Gasteiger partial charge in [0.1, 0.15) is 0 Å². The zero-order valence-electron chi connectivity index (χ0n) is 12.5. The van der Waals surface area contributed by atoms with Gasteiger partial charge >= 0.3 is 0 Å². The predicted molar refractivity (Wildman–Crippen MR) is 84.6 cm³/mol. The molecule has 0 saturated heterocycles. The molecule has 0 radical (unpaired) electrons. The number of aliphatic hydroxyl groups is 1. The largest absolute Gasteiger partial charge is 0.395 e. The van der Waals surface area contributed by atoms with Gasteiger partial charge in [0.05, 0.1) is 13.2 Å². The Bertz CT molecular complexity index is 399. The van der Waals surface area contributed by atoms with Crippen molar-refractivity contribution in [3.05, 3.63) is 28.8 Å². The number of nitrogens with one attached hydrogen (secondary N) is 1. The van der Waals surface area contributed by atoms with Crippen LogP contribution >= 0.6 is 11.6 Å². The number of benzene rings is 1. The molecule has 1 aromatic carbocycles. The summed E-state index contributed by atoms with van der Waals surface area (Å²) in [6, 6.07) is 6.30. The average molecular weight is 301 g/mol. The van der Waals surface area contributed by atoms with Gasteiger partial charge in [-0.2, -0.15) is 0 Å². The number of halogens is 1. The van der Waals surface area contributed by atoms with Gasteiger partial charge in [-0.3, -0.25) is 0 Å². The van der Waals surface area contributed by atoms with Crippen molar-refractivity contribution in [3.8, 4) is 0 Å². The quantitative estimate of drug-likeness (QED) is 0.734. The molecule has 0 spiro atoms. The molecule has 2 N–H and O–H groups in total. The Hall–Kier alpha value is -0.810. The van der Waals surface area contributed by atoms with E-state index in [9.17, 15) is 5.11 Å². The maximum absolute atomic E-state index is 9.24. The smallest absolute Gasteiger partial charge is 0.0637 e. The summed E-state index contributed by atoms with van der Waals surface area (Å²) in [6.45, 7) is 7.03. The highest BCUT2D eigenvalue weighted by atomic mass is 35.5. The Morgan fingerprint density at radius 3 is 2.70 bits per heavy atom. The summed E-state index contributed by atoms with van der Waals surface area (Å²) < 4.78 is 5.14. The van der Waals surface area contributed by atoms with Gasteiger partial charge in [-0.1, -0.05) is 31.5 Å². The van der Waals surface area contributed by atoms with Crippen LogP contribution < -0.4 is 10.2 Å². The van der Waals surface area contributed by atoms with E-state index in [1.54, 1.807) is 7.11 Å². The van der Waals surface area contributed by atoms with Crippen molar-refractivity contribution < 1.29 is 9.84 Å². The van der Waals surface area contributed by atoms with Crippen LogP contribution in [-0.4, -0.2) is 44.6 Å². The van der Waals surface area contributed by atoms with Crippen LogP contribution in [0, 0.1) is 0 Å². The minimum absolute atomic E-state index is 0.104. The minimum Gasteiger partial charge on any atom is -0.395 e. The van der Waals surface area contributed by atoms with Crippen LogP contribution in [0.2, 0.25) is 5.02 Å². The molecule has 0 aromatic heterocycles. The highest BCUT2D eigenvalue weighted by Crippen LogP contribution is 2.25. The van der Waals surface area contributed by atoms with Gasteiger partial charge in [0.2, 0.25) is 0 Å². The molecule has 114 valence electrons. The molecule has 0 atom stereocenters. The second-order valence-corrected chi connectivity index (χ2v) is 5.45. The first kappa shape index (κ1) is 17.2. The van der Waals surface area contributed by atoms with E-state index in [0.717, 1.165) is 18.8 Å². The molecule has 0 aliphatic heterocycles. The molecule has 1 rings (SSSR count). The first-order chi connectivity index (χ1) is 9.58. The molecule has 0 aliphatic rings. The summed E-state index contributed by atoms with van der Waals surface area (Å²) in [5, 5.41) is 13.4. The zero-order chi connectivity index (χ0) is 15.0. The molecule has 0 aliphatic carbocycles. The maximum atomic E-state index is 9.24. The Kier molecular flexibility index (Phi) is 7.92. The summed E-state index contributed by atoms with van der Waals surface area (Å²) in [7, 11) is 1.68. The van der Waals surface area contributed by atoms with E-state index in [1.807, 2.05) is 18.2 Å². The minimum atomic E-state index is 0.104. The number of rotatable bonds is 9. The molecular formula is C15H25ClN2O2. The topological polar surface area (TPSA) is 44.7 Å². The second-order valence-electron chi connectivity index (χ2n) is 5.01. The molecule has 0 heterocycles. The lowest BCUT2D eigenvalue weighted by Crippen LogP contribution is -2.32. The van der Waals surface area contributed by atoms with Crippen molar-refractivity contribution >= 4 is 17.3 Å². The molecule has 0 fully saturated rings. The van der Waals surface area contributed by atoms with E-state index in [-0.39, 0.29) is 6.61 Å². The highest BCUT2D eigenvalue weighted by molar-refractivity contribution is 6.30. The van der Waals surface area contributed by atoms with Gasteiger partial charge in [-0.25, -0.2) is 0 Å². The third kappa shape index (κ3) is 5.67.